The van der Waals surface area contributed by atoms with Crippen molar-refractivity contribution in [1.82, 2.24) is 20.2 Å². The molecule has 0 spiro atoms. The first-order valence-corrected chi connectivity index (χ1v) is 11.7. The van der Waals surface area contributed by atoms with Gasteiger partial charge >= 0.3 is 0 Å². The third-order valence-corrected chi connectivity index (χ3v) is 6.08. The summed E-state index contributed by atoms with van der Waals surface area (Å²) in [6.07, 6.45) is 2.47. The third kappa shape index (κ3) is 6.44. The summed E-state index contributed by atoms with van der Waals surface area (Å²) in [5.41, 5.74) is 2.95. The van der Waals surface area contributed by atoms with Crippen LogP contribution in [0.15, 0.2) is 35.5 Å². The second kappa shape index (κ2) is 10.8. The van der Waals surface area contributed by atoms with E-state index in [0.29, 0.717) is 18.0 Å². The first-order valence-electron chi connectivity index (χ1n) is 10.7. The Balaban J connectivity index is 1.61. The number of anilines is 1. The average Bonchev–Trinajstić information content (AvgIpc) is 3.27. The van der Waals surface area contributed by atoms with Crippen LogP contribution < -0.4 is 10.2 Å². The molecule has 1 aliphatic rings. The zero-order chi connectivity index (χ0) is 21.5. The molecule has 30 heavy (non-hydrogen) atoms. The molecule has 0 radical (unpaired) electrons. The molecule has 1 fully saturated rings. The molecule has 1 aliphatic heterocycles. The van der Waals surface area contributed by atoms with E-state index in [1.165, 1.54) is 12.8 Å². The number of thioether (sulfide) groups is 1. The van der Waals surface area contributed by atoms with Crippen molar-refractivity contribution in [2.24, 2.45) is 0 Å². The van der Waals surface area contributed by atoms with Crippen LogP contribution in [0.1, 0.15) is 54.2 Å². The molecule has 6 nitrogen and oxygen atoms in total. The Kier molecular flexibility index (Phi) is 8.10. The van der Waals surface area contributed by atoms with E-state index in [-0.39, 0.29) is 5.91 Å². The number of carbonyl (C=O) groups is 1. The van der Waals surface area contributed by atoms with Crippen LogP contribution >= 0.6 is 11.8 Å². The lowest BCUT2D eigenvalue weighted by atomic mass is 10.1. The fourth-order valence-corrected chi connectivity index (χ4v) is 4.11. The van der Waals surface area contributed by atoms with Crippen molar-refractivity contribution in [3.05, 3.63) is 47.2 Å². The van der Waals surface area contributed by atoms with Gasteiger partial charge in [-0.05, 0) is 50.6 Å². The summed E-state index contributed by atoms with van der Waals surface area (Å²) in [6.45, 7) is 7.98. The summed E-state index contributed by atoms with van der Waals surface area (Å²) in [5.74, 6) is 2.18. The van der Waals surface area contributed by atoms with Crippen molar-refractivity contribution in [1.29, 1.82) is 0 Å². The van der Waals surface area contributed by atoms with Gasteiger partial charge in [-0.15, -0.1) is 0 Å². The zero-order valence-corrected chi connectivity index (χ0v) is 19.3. The maximum absolute atomic E-state index is 12.2. The highest BCUT2D eigenvalue weighted by Gasteiger charge is 2.17. The molecule has 7 heteroatoms. The molecule has 2 aromatic rings. The van der Waals surface area contributed by atoms with Crippen LogP contribution in [0.3, 0.4) is 0 Å². The molecule has 0 bridgehead atoms. The number of nitrogens with zero attached hydrogens (tertiary/aromatic N) is 4. The molecule has 1 amide bonds. The summed E-state index contributed by atoms with van der Waals surface area (Å²) >= 11 is 1.65. The number of carbonyl (C=O) groups excluding carboxylic acids is 1. The predicted molar refractivity (Wildman–Crippen MR) is 124 cm³/mol. The van der Waals surface area contributed by atoms with Gasteiger partial charge in [0.05, 0.1) is 0 Å². The molecule has 0 saturated carbocycles. The normalized spacial score (nSPS) is 14.0. The van der Waals surface area contributed by atoms with Crippen molar-refractivity contribution in [3.8, 4) is 0 Å². The minimum Gasteiger partial charge on any atom is -0.356 e. The Bertz CT molecular complexity index is 832. The standard InChI is InChI=1S/C23H33N5OS/c1-17(2)20-15-21(28-12-5-6-13-28)26-23(25-20)30-16-18-7-9-19(10-8-18)22(29)24-11-14-27(3)4/h7-10,15,17H,5-6,11-14,16H2,1-4H3,(H,24,29). The Labute approximate surface area is 184 Å². The number of nitrogens with one attached hydrogen (secondary N) is 1. The Morgan fingerprint density at radius 2 is 1.87 bits per heavy atom. The summed E-state index contributed by atoms with van der Waals surface area (Å²) in [7, 11) is 3.99. The lowest BCUT2D eigenvalue weighted by molar-refractivity contribution is 0.0951. The van der Waals surface area contributed by atoms with Crippen LogP contribution in [0, 0.1) is 0 Å². The molecule has 1 N–H and O–H groups in total. The summed E-state index contributed by atoms with van der Waals surface area (Å²) in [5, 5.41) is 3.77. The van der Waals surface area contributed by atoms with Gasteiger partial charge in [-0.1, -0.05) is 37.7 Å². The molecule has 0 unspecified atom stereocenters. The predicted octanol–water partition coefficient (Wildman–Crippen LogP) is 3.78. The SMILES string of the molecule is CC(C)c1cc(N2CCCC2)nc(SCc2ccc(C(=O)NCCN(C)C)cc2)n1. The van der Waals surface area contributed by atoms with Gasteiger partial charge in [-0.25, -0.2) is 9.97 Å². The quantitative estimate of drug-likeness (QED) is 0.485. The van der Waals surface area contributed by atoms with Gasteiger partial charge in [0.1, 0.15) is 5.82 Å². The summed E-state index contributed by atoms with van der Waals surface area (Å²) in [4.78, 5) is 26.2. The molecule has 1 saturated heterocycles. The molecule has 0 aliphatic carbocycles. The van der Waals surface area contributed by atoms with Crippen LogP contribution in [0.25, 0.3) is 0 Å². The molecular formula is C23H33N5OS. The van der Waals surface area contributed by atoms with E-state index in [4.69, 9.17) is 9.97 Å². The van der Waals surface area contributed by atoms with Gasteiger partial charge in [-0.3, -0.25) is 4.79 Å². The van der Waals surface area contributed by atoms with Crippen molar-refractivity contribution in [3.63, 3.8) is 0 Å². The first kappa shape index (κ1) is 22.6. The van der Waals surface area contributed by atoms with Gasteiger partial charge in [0.25, 0.3) is 5.91 Å². The molecule has 1 aromatic heterocycles. The largest absolute Gasteiger partial charge is 0.356 e. The monoisotopic (exact) mass is 427 g/mol. The van der Waals surface area contributed by atoms with E-state index in [1.807, 2.05) is 43.3 Å². The van der Waals surface area contributed by atoms with E-state index in [2.05, 4.69) is 30.1 Å². The number of rotatable bonds is 9. The van der Waals surface area contributed by atoms with E-state index >= 15 is 0 Å². The van der Waals surface area contributed by atoms with E-state index in [9.17, 15) is 4.79 Å². The second-order valence-electron chi connectivity index (χ2n) is 8.33. The topological polar surface area (TPSA) is 61.4 Å². The van der Waals surface area contributed by atoms with Crippen LogP contribution in [0.2, 0.25) is 0 Å². The van der Waals surface area contributed by atoms with Gasteiger partial charge < -0.3 is 15.1 Å². The Hall–Kier alpha value is -2.12. The summed E-state index contributed by atoms with van der Waals surface area (Å²) < 4.78 is 0. The maximum atomic E-state index is 12.2. The number of aromatic nitrogens is 2. The molecule has 162 valence electrons. The highest BCUT2D eigenvalue weighted by atomic mass is 32.2. The Morgan fingerprint density at radius 3 is 2.50 bits per heavy atom. The fraction of sp³-hybridized carbons (Fsp3) is 0.522. The average molecular weight is 428 g/mol. The minimum atomic E-state index is -0.0284. The molecular weight excluding hydrogens is 394 g/mol. The van der Waals surface area contributed by atoms with Crippen molar-refractivity contribution in [2.75, 3.05) is 45.2 Å². The number of benzene rings is 1. The highest BCUT2D eigenvalue weighted by molar-refractivity contribution is 7.98. The number of likely N-dealkylation sites (N-methyl/N-ethyl adjacent to an activating group) is 1. The van der Waals surface area contributed by atoms with Gasteiger partial charge in [0.15, 0.2) is 5.16 Å². The smallest absolute Gasteiger partial charge is 0.251 e. The molecule has 1 aromatic carbocycles. The van der Waals surface area contributed by atoms with Crippen molar-refractivity contribution in [2.45, 2.75) is 43.5 Å². The Morgan fingerprint density at radius 1 is 1.17 bits per heavy atom. The molecule has 2 heterocycles. The van der Waals surface area contributed by atoms with Crippen molar-refractivity contribution >= 4 is 23.5 Å². The minimum absolute atomic E-state index is 0.0284. The van der Waals surface area contributed by atoms with Crippen LogP contribution in [-0.2, 0) is 5.75 Å². The van der Waals surface area contributed by atoms with Crippen LogP contribution in [0.4, 0.5) is 5.82 Å². The van der Waals surface area contributed by atoms with E-state index < -0.39 is 0 Å². The second-order valence-corrected chi connectivity index (χ2v) is 9.27. The summed E-state index contributed by atoms with van der Waals surface area (Å²) in [6, 6.07) is 9.96. The highest BCUT2D eigenvalue weighted by Crippen LogP contribution is 2.27. The van der Waals surface area contributed by atoms with Crippen molar-refractivity contribution < 1.29 is 4.79 Å². The number of hydrogen-bond acceptors (Lipinski definition) is 6. The lowest BCUT2D eigenvalue weighted by Crippen LogP contribution is -2.31. The molecule has 3 rings (SSSR count). The van der Waals surface area contributed by atoms with Crippen LogP contribution in [-0.4, -0.2) is 61.0 Å². The van der Waals surface area contributed by atoms with E-state index in [1.54, 1.807) is 11.8 Å². The van der Waals surface area contributed by atoms with Gasteiger partial charge in [0.2, 0.25) is 0 Å². The number of amides is 1. The lowest BCUT2D eigenvalue weighted by Gasteiger charge is -2.18. The molecule has 0 atom stereocenters. The van der Waals surface area contributed by atoms with Gasteiger partial charge in [0, 0.05) is 49.3 Å². The third-order valence-electron chi connectivity index (χ3n) is 5.16. The number of hydrogen-bond donors (Lipinski definition) is 1. The van der Waals surface area contributed by atoms with E-state index in [0.717, 1.165) is 47.6 Å². The fourth-order valence-electron chi connectivity index (χ4n) is 3.29. The van der Waals surface area contributed by atoms with Gasteiger partial charge in [-0.2, -0.15) is 0 Å². The first-order chi connectivity index (χ1) is 14.4. The maximum Gasteiger partial charge on any atom is 0.251 e. The van der Waals surface area contributed by atoms with Crippen LogP contribution in [0.5, 0.6) is 0 Å². The zero-order valence-electron chi connectivity index (χ0n) is 18.5.